The van der Waals surface area contributed by atoms with Gasteiger partial charge in [-0.15, -0.1) is 0 Å². The molecule has 4 nitrogen and oxygen atoms in total. The van der Waals surface area contributed by atoms with Crippen molar-refractivity contribution in [3.05, 3.63) is 29.1 Å². The molecule has 0 spiro atoms. The Balaban J connectivity index is 2.77. The van der Waals surface area contributed by atoms with Gasteiger partial charge < -0.3 is 10.2 Å². The molecule has 1 N–H and O–H groups in total. The van der Waals surface area contributed by atoms with Crippen molar-refractivity contribution in [1.29, 1.82) is 5.26 Å². The van der Waals surface area contributed by atoms with Crippen LogP contribution in [0.2, 0.25) is 0 Å². The van der Waals surface area contributed by atoms with Gasteiger partial charge in [-0.3, -0.25) is 4.98 Å². The van der Waals surface area contributed by atoms with Crippen molar-refractivity contribution in [2.24, 2.45) is 0 Å². The zero-order chi connectivity index (χ0) is 15.3. The van der Waals surface area contributed by atoms with Crippen LogP contribution < -0.4 is 5.32 Å². The first-order valence-electron chi connectivity index (χ1n) is 7.01. The van der Waals surface area contributed by atoms with Crippen molar-refractivity contribution in [1.82, 2.24) is 15.2 Å². The van der Waals surface area contributed by atoms with E-state index in [9.17, 15) is 5.26 Å². The van der Waals surface area contributed by atoms with Gasteiger partial charge in [0, 0.05) is 30.7 Å². The van der Waals surface area contributed by atoms with Crippen LogP contribution in [0.25, 0.3) is 0 Å². The molecule has 0 bridgehead atoms. The van der Waals surface area contributed by atoms with Gasteiger partial charge in [0.2, 0.25) is 0 Å². The summed E-state index contributed by atoms with van der Waals surface area (Å²) in [7, 11) is 4.12. The van der Waals surface area contributed by atoms with E-state index in [1.54, 1.807) is 0 Å². The second-order valence-electron chi connectivity index (χ2n) is 6.65. The predicted molar refractivity (Wildman–Crippen MR) is 82.5 cm³/mol. The van der Waals surface area contributed by atoms with Crippen LogP contribution in [0.15, 0.2) is 12.3 Å². The topological polar surface area (TPSA) is 52.0 Å². The number of likely N-dealkylation sites (N-methyl/N-ethyl adjacent to an activating group) is 1. The molecule has 1 atom stereocenters. The lowest BCUT2D eigenvalue weighted by Crippen LogP contribution is -2.35. The van der Waals surface area contributed by atoms with Gasteiger partial charge in [0.05, 0.1) is 11.3 Å². The van der Waals surface area contributed by atoms with E-state index < -0.39 is 0 Å². The number of rotatable bonds is 5. The molecule has 0 aliphatic heterocycles. The zero-order valence-electron chi connectivity index (χ0n) is 13.5. The fraction of sp³-hybridized carbons (Fsp3) is 0.625. The van der Waals surface area contributed by atoms with Gasteiger partial charge in [0.15, 0.2) is 0 Å². The molecule has 4 heteroatoms. The molecule has 1 aromatic heterocycles. The maximum absolute atomic E-state index is 9.29. The smallest absolute Gasteiger partial charge is 0.101 e. The molecular weight excluding hydrogens is 248 g/mol. The maximum atomic E-state index is 9.29. The van der Waals surface area contributed by atoms with Gasteiger partial charge >= 0.3 is 0 Å². The third-order valence-corrected chi connectivity index (χ3v) is 3.07. The van der Waals surface area contributed by atoms with Crippen LogP contribution in [0.5, 0.6) is 0 Å². The summed E-state index contributed by atoms with van der Waals surface area (Å²) < 4.78 is 0. The molecule has 20 heavy (non-hydrogen) atoms. The molecule has 1 aromatic rings. The zero-order valence-corrected chi connectivity index (χ0v) is 13.5. The number of nitrogens with one attached hydrogen (secondary N) is 1. The lowest BCUT2D eigenvalue weighted by molar-refractivity contribution is 0.349. The fourth-order valence-electron chi connectivity index (χ4n) is 2.19. The lowest BCUT2D eigenvalue weighted by atomic mass is 9.88. The Kier molecular flexibility index (Phi) is 5.67. The number of nitrogens with zero attached hydrogens (tertiary/aromatic N) is 3. The van der Waals surface area contributed by atoms with Crippen LogP contribution in [0, 0.1) is 11.3 Å². The molecule has 0 saturated heterocycles. The highest BCUT2D eigenvalue weighted by atomic mass is 15.1. The highest BCUT2D eigenvalue weighted by Gasteiger charge is 2.20. The molecular formula is C16H26N4. The standard InChI is InChI=1S/C16H26N4/c1-12(11-20(5)6)18-9-13-7-14(8-17)15(19-10-13)16(2,3)4/h7,10,12,18H,9,11H2,1-6H3. The first-order chi connectivity index (χ1) is 9.24. The van der Waals surface area contributed by atoms with E-state index >= 15 is 0 Å². The van der Waals surface area contributed by atoms with Crippen molar-refractivity contribution in [3.8, 4) is 6.07 Å². The monoisotopic (exact) mass is 274 g/mol. The quantitative estimate of drug-likeness (QED) is 0.895. The van der Waals surface area contributed by atoms with Crippen LogP contribution in [0.3, 0.4) is 0 Å². The van der Waals surface area contributed by atoms with Crippen LogP contribution in [0.4, 0.5) is 0 Å². The van der Waals surface area contributed by atoms with Crippen LogP contribution in [-0.2, 0) is 12.0 Å². The van der Waals surface area contributed by atoms with E-state index in [0.29, 0.717) is 11.6 Å². The van der Waals surface area contributed by atoms with Crippen molar-refractivity contribution >= 4 is 0 Å². The third kappa shape index (κ3) is 4.92. The van der Waals surface area contributed by atoms with Gasteiger partial charge in [-0.25, -0.2) is 0 Å². The Labute approximate surface area is 122 Å². The summed E-state index contributed by atoms with van der Waals surface area (Å²) >= 11 is 0. The Morgan fingerprint density at radius 1 is 1.40 bits per heavy atom. The summed E-state index contributed by atoms with van der Waals surface area (Å²) in [5, 5.41) is 12.7. The number of hydrogen-bond donors (Lipinski definition) is 1. The van der Waals surface area contributed by atoms with Gasteiger partial charge in [-0.2, -0.15) is 5.26 Å². The minimum atomic E-state index is -0.102. The summed E-state index contributed by atoms with van der Waals surface area (Å²) in [6, 6.07) is 4.61. The molecule has 1 heterocycles. The number of pyridine rings is 1. The minimum absolute atomic E-state index is 0.102. The Hall–Kier alpha value is -1.44. The highest BCUT2D eigenvalue weighted by Crippen LogP contribution is 2.23. The molecule has 1 rings (SSSR count). The number of nitriles is 1. The average Bonchev–Trinajstić information content (AvgIpc) is 2.34. The second kappa shape index (κ2) is 6.83. The van der Waals surface area contributed by atoms with E-state index in [0.717, 1.165) is 24.3 Å². The van der Waals surface area contributed by atoms with Crippen LogP contribution in [-0.4, -0.2) is 36.6 Å². The van der Waals surface area contributed by atoms with Gasteiger partial charge in [-0.05, 0) is 32.6 Å². The first kappa shape index (κ1) is 16.6. The molecule has 0 aromatic carbocycles. The SMILES string of the molecule is CC(CN(C)C)NCc1cnc(C(C)(C)C)c(C#N)c1. The van der Waals surface area contributed by atoms with E-state index in [4.69, 9.17) is 0 Å². The van der Waals surface area contributed by atoms with Gasteiger partial charge in [0.25, 0.3) is 0 Å². The molecule has 0 amide bonds. The fourth-order valence-corrected chi connectivity index (χ4v) is 2.19. The minimum Gasteiger partial charge on any atom is -0.309 e. The van der Waals surface area contributed by atoms with Gasteiger partial charge in [0.1, 0.15) is 6.07 Å². The van der Waals surface area contributed by atoms with E-state index in [-0.39, 0.29) is 5.41 Å². The van der Waals surface area contributed by atoms with E-state index in [1.165, 1.54) is 0 Å². The molecule has 0 aliphatic rings. The average molecular weight is 274 g/mol. The van der Waals surface area contributed by atoms with Gasteiger partial charge in [-0.1, -0.05) is 20.8 Å². The number of hydrogen-bond acceptors (Lipinski definition) is 4. The molecule has 1 unspecified atom stereocenters. The highest BCUT2D eigenvalue weighted by molar-refractivity contribution is 5.39. The summed E-state index contributed by atoms with van der Waals surface area (Å²) in [6.45, 7) is 10.1. The Morgan fingerprint density at radius 3 is 2.55 bits per heavy atom. The van der Waals surface area contributed by atoms with Crippen LogP contribution >= 0.6 is 0 Å². The third-order valence-electron chi connectivity index (χ3n) is 3.07. The molecule has 110 valence electrons. The molecule has 0 saturated carbocycles. The van der Waals surface area contributed by atoms with E-state index in [2.05, 4.69) is 63.1 Å². The summed E-state index contributed by atoms with van der Waals surface area (Å²) in [5.41, 5.74) is 2.50. The molecule has 0 radical (unpaired) electrons. The predicted octanol–water partition coefficient (Wildman–Crippen LogP) is 2.29. The maximum Gasteiger partial charge on any atom is 0.101 e. The summed E-state index contributed by atoms with van der Waals surface area (Å²) in [5.74, 6) is 0. The Morgan fingerprint density at radius 2 is 2.05 bits per heavy atom. The summed E-state index contributed by atoms with van der Waals surface area (Å²) in [6.07, 6.45) is 1.87. The number of aromatic nitrogens is 1. The van der Waals surface area contributed by atoms with Crippen molar-refractivity contribution in [3.63, 3.8) is 0 Å². The molecule has 0 aliphatic carbocycles. The largest absolute Gasteiger partial charge is 0.309 e. The van der Waals surface area contributed by atoms with Crippen molar-refractivity contribution in [2.75, 3.05) is 20.6 Å². The first-order valence-corrected chi connectivity index (χ1v) is 7.01. The van der Waals surface area contributed by atoms with E-state index in [1.807, 2.05) is 12.3 Å². The second-order valence-corrected chi connectivity index (χ2v) is 6.65. The van der Waals surface area contributed by atoms with Crippen molar-refractivity contribution in [2.45, 2.75) is 45.7 Å². The van der Waals surface area contributed by atoms with Crippen molar-refractivity contribution < 1.29 is 0 Å². The Bertz CT molecular complexity index is 480. The van der Waals surface area contributed by atoms with Crippen LogP contribution in [0.1, 0.15) is 44.5 Å². The lowest BCUT2D eigenvalue weighted by Gasteiger charge is -2.21. The summed E-state index contributed by atoms with van der Waals surface area (Å²) in [4.78, 5) is 6.64. The normalized spacial score (nSPS) is 13.3. The molecule has 0 fully saturated rings.